The van der Waals surface area contributed by atoms with Crippen LogP contribution in [0, 0.1) is 5.92 Å². The van der Waals surface area contributed by atoms with E-state index in [2.05, 4.69) is 29.2 Å². The summed E-state index contributed by atoms with van der Waals surface area (Å²) in [4.78, 5) is 17.5. The Kier molecular flexibility index (Phi) is 3.63. The van der Waals surface area contributed by atoms with Crippen LogP contribution in [0.3, 0.4) is 0 Å². The number of para-hydroxylation sites is 1. The third-order valence-electron chi connectivity index (χ3n) is 6.66. The van der Waals surface area contributed by atoms with Gasteiger partial charge in [0.15, 0.2) is 0 Å². The fraction of sp³-hybridized carbons (Fsp3) is 0.500. The zero-order valence-electron chi connectivity index (χ0n) is 15.5. The fourth-order valence-electron chi connectivity index (χ4n) is 4.92. The van der Waals surface area contributed by atoms with E-state index in [-0.39, 0.29) is 11.3 Å². The molecule has 26 heavy (non-hydrogen) atoms. The fourth-order valence-corrected chi connectivity index (χ4v) is 4.92. The summed E-state index contributed by atoms with van der Waals surface area (Å²) in [6, 6.07) is 12.9. The number of aromatic nitrogens is 1. The molecule has 2 aliphatic heterocycles. The molecule has 0 N–H and O–H groups in total. The first-order chi connectivity index (χ1) is 12.7. The maximum Gasteiger partial charge on any atom is 0.270 e. The predicted molar refractivity (Wildman–Crippen MR) is 104 cm³/mol. The van der Waals surface area contributed by atoms with Gasteiger partial charge in [0.2, 0.25) is 0 Å². The van der Waals surface area contributed by atoms with Crippen LogP contribution in [-0.2, 0) is 12.5 Å². The van der Waals surface area contributed by atoms with Gasteiger partial charge in [0.1, 0.15) is 5.69 Å². The number of nitrogens with zero attached hydrogens (tertiary/aromatic N) is 3. The first kappa shape index (κ1) is 16.0. The Hall–Kier alpha value is -2.23. The van der Waals surface area contributed by atoms with Crippen LogP contribution < -0.4 is 4.90 Å². The molecule has 1 spiro atoms. The second-order valence-electron chi connectivity index (χ2n) is 8.42. The van der Waals surface area contributed by atoms with Crippen molar-refractivity contribution in [2.24, 2.45) is 13.0 Å². The normalized spacial score (nSPS) is 21.3. The Labute approximate surface area is 155 Å². The molecule has 1 aromatic carbocycles. The molecule has 3 aliphatic rings. The van der Waals surface area contributed by atoms with E-state index in [9.17, 15) is 4.79 Å². The molecule has 2 aromatic rings. The topological polar surface area (TPSA) is 28.5 Å². The largest absolute Gasteiger partial charge is 0.370 e. The molecule has 1 saturated heterocycles. The van der Waals surface area contributed by atoms with Crippen molar-refractivity contribution in [3.8, 4) is 0 Å². The van der Waals surface area contributed by atoms with Gasteiger partial charge in [0, 0.05) is 50.5 Å². The van der Waals surface area contributed by atoms with E-state index in [1.54, 1.807) is 0 Å². The summed E-state index contributed by atoms with van der Waals surface area (Å²) < 4.78 is 1.93. The molecule has 2 fully saturated rings. The van der Waals surface area contributed by atoms with Crippen LogP contribution in [-0.4, -0.2) is 41.6 Å². The molecule has 136 valence electrons. The molecule has 4 nitrogen and oxygen atoms in total. The van der Waals surface area contributed by atoms with Gasteiger partial charge < -0.3 is 14.4 Å². The second-order valence-corrected chi connectivity index (χ2v) is 8.42. The average molecular weight is 349 g/mol. The van der Waals surface area contributed by atoms with Gasteiger partial charge in [-0.15, -0.1) is 0 Å². The van der Waals surface area contributed by atoms with E-state index in [1.165, 1.54) is 30.6 Å². The van der Waals surface area contributed by atoms with E-state index in [0.717, 1.165) is 44.1 Å². The number of fused-ring (bicyclic) bond motifs is 2. The molecule has 1 saturated carbocycles. The van der Waals surface area contributed by atoms with Crippen LogP contribution in [0.5, 0.6) is 0 Å². The van der Waals surface area contributed by atoms with Crippen molar-refractivity contribution in [3.63, 3.8) is 0 Å². The van der Waals surface area contributed by atoms with Gasteiger partial charge in [-0.2, -0.15) is 0 Å². The Morgan fingerprint density at radius 3 is 2.58 bits per heavy atom. The number of aryl methyl sites for hydroxylation is 1. The van der Waals surface area contributed by atoms with Crippen LogP contribution in [0.4, 0.5) is 5.69 Å². The first-order valence-electron chi connectivity index (χ1n) is 9.91. The highest BCUT2D eigenvalue weighted by Gasteiger charge is 2.46. The van der Waals surface area contributed by atoms with E-state index in [0.29, 0.717) is 0 Å². The number of carbonyl (C=O) groups is 1. The first-order valence-corrected chi connectivity index (χ1v) is 9.91. The smallest absolute Gasteiger partial charge is 0.270 e. The van der Waals surface area contributed by atoms with Gasteiger partial charge >= 0.3 is 0 Å². The lowest BCUT2D eigenvalue weighted by Gasteiger charge is -2.40. The number of rotatable bonds is 3. The molecule has 0 unspecified atom stereocenters. The summed E-state index contributed by atoms with van der Waals surface area (Å²) in [5.41, 5.74) is 3.99. The van der Waals surface area contributed by atoms with Crippen molar-refractivity contribution in [1.29, 1.82) is 0 Å². The molecule has 0 radical (unpaired) electrons. The monoisotopic (exact) mass is 349 g/mol. The van der Waals surface area contributed by atoms with Crippen molar-refractivity contribution >= 4 is 11.6 Å². The number of anilines is 1. The minimum absolute atomic E-state index is 0.175. The van der Waals surface area contributed by atoms with E-state index < -0.39 is 0 Å². The lowest BCUT2D eigenvalue weighted by Crippen LogP contribution is -2.47. The zero-order chi connectivity index (χ0) is 17.7. The molecule has 0 bridgehead atoms. The second kappa shape index (κ2) is 5.90. The maximum atomic E-state index is 12.8. The highest BCUT2D eigenvalue weighted by molar-refractivity contribution is 5.92. The van der Waals surface area contributed by atoms with Crippen molar-refractivity contribution < 1.29 is 4.79 Å². The molecule has 5 rings (SSSR count). The van der Waals surface area contributed by atoms with E-state index in [1.807, 2.05) is 34.8 Å². The minimum atomic E-state index is 0.175. The van der Waals surface area contributed by atoms with Crippen molar-refractivity contribution in [1.82, 2.24) is 9.47 Å². The molecule has 4 heteroatoms. The Balaban J connectivity index is 1.35. The molecule has 3 heterocycles. The predicted octanol–water partition coefficient (Wildman–Crippen LogP) is 3.43. The number of benzene rings is 1. The van der Waals surface area contributed by atoms with Crippen LogP contribution >= 0.6 is 0 Å². The number of hydrogen-bond donors (Lipinski definition) is 0. The van der Waals surface area contributed by atoms with Gasteiger partial charge in [0.25, 0.3) is 5.91 Å². The Bertz CT molecular complexity index is 827. The molecular formula is C22H27N3O. The van der Waals surface area contributed by atoms with Crippen molar-refractivity contribution in [3.05, 3.63) is 53.9 Å². The molecule has 0 atom stereocenters. The highest BCUT2D eigenvalue weighted by Crippen LogP contribution is 2.48. The lowest BCUT2D eigenvalue weighted by atomic mass is 9.74. The number of piperidine rings is 1. The summed E-state index contributed by atoms with van der Waals surface area (Å²) >= 11 is 0. The maximum absolute atomic E-state index is 12.8. The standard InChI is InChI=1S/C22H27N3O/c1-23-12-4-7-20(23)21(26)24-13-10-22(11-14-24)16-25(15-17-8-9-17)19-6-3-2-5-18(19)22/h2-7,12,17H,8-11,13-16H2,1H3. The SMILES string of the molecule is Cn1cccc1C(=O)N1CCC2(CC1)CN(CC1CC1)c1ccccc12. The Morgan fingerprint density at radius 1 is 1.12 bits per heavy atom. The van der Waals surface area contributed by atoms with Gasteiger partial charge in [0.05, 0.1) is 0 Å². The van der Waals surface area contributed by atoms with E-state index in [4.69, 9.17) is 0 Å². The summed E-state index contributed by atoms with van der Waals surface area (Å²) in [6.45, 7) is 4.06. The quantitative estimate of drug-likeness (QED) is 0.849. The zero-order valence-corrected chi connectivity index (χ0v) is 15.5. The lowest BCUT2D eigenvalue weighted by molar-refractivity contribution is 0.0664. The van der Waals surface area contributed by atoms with Crippen LogP contribution in [0.15, 0.2) is 42.6 Å². The van der Waals surface area contributed by atoms with Crippen molar-refractivity contribution in [2.75, 3.05) is 31.1 Å². The number of amides is 1. The summed E-state index contributed by atoms with van der Waals surface area (Å²) in [7, 11) is 1.95. The molecule has 1 aliphatic carbocycles. The van der Waals surface area contributed by atoms with Crippen LogP contribution in [0.1, 0.15) is 41.7 Å². The number of hydrogen-bond acceptors (Lipinski definition) is 2. The molecule has 1 aromatic heterocycles. The van der Waals surface area contributed by atoms with Crippen LogP contribution in [0.25, 0.3) is 0 Å². The van der Waals surface area contributed by atoms with E-state index >= 15 is 0 Å². The Morgan fingerprint density at radius 2 is 1.88 bits per heavy atom. The van der Waals surface area contributed by atoms with Crippen molar-refractivity contribution in [2.45, 2.75) is 31.1 Å². The van der Waals surface area contributed by atoms with Gasteiger partial charge in [-0.05, 0) is 55.4 Å². The third-order valence-corrected chi connectivity index (χ3v) is 6.66. The average Bonchev–Trinajstić information content (AvgIpc) is 3.31. The van der Waals surface area contributed by atoms with Gasteiger partial charge in [-0.25, -0.2) is 0 Å². The summed E-state index contributed by atoms with van der Waals surface area (Å²) in [5, 5.41) is 0. The number of carbonyl (C=O) groups excluding carboxylic acids is 1. The summed E-state index contributed by atoms with van der Waals surface area (Å²) in [5.74, 6) is 1.07. The van der Waals surface area contributed by atoms with Gasteiger partial charge in [-0.1, -0.05) is 18.2 Å². The molecule has 1 amide bonds. The summed E-state index contributed by atoms with van der Waals surface area (Å²) in [6.07, 6.45) is 6.87. The van der Waals surface area contributed by atoms with Gasteiger partial charge in [-0.3, -0.25) is 4.79 Å². The third kappa shape index (κ3) is 2.54. The highest BCUT2D eigenvalue weighted by atomic mass is 16.2. The number of likely N-dealkylation sites (tertiary alicyclic amines) is 1. The minimum Gasteiger partial charge on any atom is -0.370 e. The van der Waals surface area contributed by atoms with Crippen LogP contribution in [0.2, 0.25) is 0 Å². The molecular weight excluding hydrogens is 322 g/mol.